The van der Waals surface area contributed by atoms with Crippen molar-refractivity contribution in [2.75, 3.05) is 0 Å². The predicted octanol–water partition coefficient (Wildman–Crippen LogP) is 0.958. The van der Waals surface area contributed by atoms with Crippen LogP contribution in [0.1, 0.15) is 19.8 Å². The molecule has 9 heavy (non-hydrogen) atoms. The Morgan fingerprint density at radius 3 is 3.00 bits per heavy atom. The zero-order valence-corrected chi connectivity index (χ0v) is 5.46. The van der Waals surface area contributed by atoms with E-state index in [4.69, 9.17) is 4.74 Å². The average molecular weight is 126 g/mol. The Morgan fingerprint density at radius 1 is 1.78 bits per heavy atom. The van der Waals surface area contributed by atoms with Gasteiger partial charge in [0.15, 0.2) is 0 Å². The molecule has 1 saturated carbocycles. The molecule has 50 valence electrons. The molecule has 2 rings (SSSR count). The Morgan fingerprint density at radius 2 is 2.56 bits per heavy atom. The van der Waals surface area contributed by atoms with Gasteiger partial charge in [-0.2, -0.15) is 0 Å². The van der Waals surface area contributed by atoms with E-state index in [-0.39, 0.29) is 5.97 Å². The molecule has 3 atom stereocenters. The molecule has 0 amide bonds. The summed E-state index contributed by atoms with van der Waals surface area (Å²) in [5.74, 6) is 1.32. The minimum Gasteiger partial charge on any atom is -0.462 e. The fourth-order valence-electron chi connectivity index (χ4n) is 1.78. The van der Waals surface area contributed by atoms with Gasteiger partial charge in [-0.15, -0.1) is 0 Å². The van der Waals surface area contributed by atoms with Crippen molar-refractivity contribution in [3.05, 3.63) is 0 Å². The second-order valence-corrected chi connectivity index (χ2v) is 2.89. The van der Waals surface area contributed by atoms with Crippen LogP contribution in [0.5, 0.6) is 0 Å². The summed E-state index contributed by atoms with van der Waals surface area (Å²) in [6.07, 6.45) is 2.17. The topological polar surface area (TPSA) is 26.3 Å². The van der Waals surface area contributed by atoms with E-state index in [1.54, 1.807) is 0 Å². The van der Waals surface area contributed by atoms with Crippen LogP contribution in [-0.2, 0) is 9.53 Å². The Hall–Kier alpha value is -0.530. The second kappa shape index (κ2) is 1.49. The van der Waals surface area contributed by atoms with Crippen molar-refractivity contribution in [3.8, 4) is 0 Å². The lowest BCUT2D eigenvalue weighted by Gasteiger charge is -1.97. The van der Waals surface area contributed by atoms with Crippen LogP contribution < -0.4 is 0 Å². The fourth-order valence-corrected chi connectivity index (χ4v) is 1.78. The molecule has 0 aromatic rings. The highest BCUT2D eigenvalue weighted by Crippen LogP contribution is 2.51. The molecule has 1 aliphatic carbocycles. The van der Waals surface area contributed by atoms with Crippen LogP contribution in [0.4, 0.5) is 0 Å². The first-order valence-corrected chi connectivity index (χ1v) is 3.52. The molecule has 0 radical (unpaired) electrons. The smallest absolute Gasteiger partial charge is 0.306 e. The first-order valence-electron chi connectivity index (χ1n) is 3.52. The van der Waals surface area contributed by atoms with Crippen LogP contribution in [0.15, 0.2) is 0 Å². The number of rotatable bonds is 1. The van der Waals surface area contributed by atoms with Gasteiger partial charge in [-0.1, -0.05) is 6.92 Å². The Balaban J connectivity index is 1.98. The minimum absolute atomic E-state index is 0.00898. The maximum absolute atomic E-state index is 10.5. The van der Waals surface area contributed by atoms with Crippen molar-refractivity contribution >= 4 is 5.97 Å². The second-order valence-electron chi connectivity index (χ2n) is 2.89. The van der Waals surface area contributed by atoms with E-state index in [9.17, 15) is 4.79 Å². The van der Waals surface area contributed by atoms with E-state index < -0.39 is 0 Å². The Kier molecular flexibility index (Phi) is 0.875. The van der Waals surface area contributed by atoms with Gasteiger partial charge in [0, 0.05) is 11.8 Å². The zero-order chi connectivity index (χ0) is 6.43. The highest BCUT2D eigenvalue weighted by molar-refractivity contribution is 5.73. The molecule has 1 unspecified atom stereocenters. The van der Waals surface area contributed by atoms with Gasteiger partial charge in [0.1, 0.15) is 6.10 Å². The van der Waals surface area contributed by atoms with Gasteiger partial charge in [-0.3, -0.25) is 4.79 Å². The van der Waals surface area contributed by atoms with Crippen molar-refractivity contribution in [1.82, 2.24) is 0 Å². The lowest BCUT2D eigenvalue weighted by molar-refractivity contribution is -0.141. The number of ether oxygens (including phenoxy) is 1. The van der Waals surface area contributed by atoms with E-state index in [2.05, 4.69) is 6.92 Å². The van der Waals surface area contributed by atoms with Crippen LogP contribution in [0, 0.1) is 11.8 Å². The third-order valence-electron chi connectivity index (χ3n) is 2.39. The van der Waals surface area contributed by atoms with E-state index in [0.717, 1.165) is 0 Å². The normalized spacial score (nSPS) is 46.3. The van der Waals surface area contributed by atoms with E-state index in [1.165, 1.54) is 6.42 Å². The average Bonchev–Trinajstić information content (AvgIpc) is 2.30. The molecular weight excluding hydrogens is 116 g/mol. The van der Waals surface area contributed by atoms with Crippen LogP contribution >= 0.6 is 0 Å². The number of hydrogen-bond acceptors (Lipinski definition) is 2. The zero-order valence-electron chi connectivity index (χ0n) is 5.46. The molecule has 0 N–H and O–H groups in total. The van der Waals surface area contributed by atoms with Crippen LogP contribution in [0.2, 0.25) is 0 Å². The standard InChI is InChI=1S/C7H10O2/c1-2-4-5-3-6(8)9-7(4)5/h4-5,7H,2-3H2,1H3/t4?,5-,7+/m0/s1. The van der Waals surface area contributed by atoms with Crippen LogP contribution in [-0.4, -0.2) is 12.1 Å². The van der Waals surface area contributed by atoms with Crippen LogP contribution in [0.25, 0.3) is 0 Å². The maximum Gasteiger partial charge on any atom is 0.306 e. The Bertz CT molecular complexity index is 139. The lowest BCUT2D eigenvalue weighted by atomic mass is 10.2. The van der Waals surface area contributed by atoms with E-state index >= 15 is 0 Å². The summed E-state index contributed by atoms with van der Waals surface area (Å²) in [4.78, 5) is 10.5. The summed E-state index contributed by atoms with van der Waals surface area (Å²) in [5.41, 5.74) is 0. The maximum atomic E-state index is 10.5. The molecule has 2 nitrogen and oxygen atoms in total. The molecule has 0 spiro atoms. The van der Waals surface area contributed by atoms with Crippen molar-refractivity contribution in [2.45, 2.75) is 25.9 Å². The number of fused-ring (bicyclic) bond motifs is 1. The van der Waals surface area contributed by atoms with Crippen molar-refractivity contribution in [3.63, 3.8) is 0 Å². The summed E-state index contributed by atoms with van der Waals surface area (Å²) >= 11 is 0. The first kappa shape index (κ1) is 5.27. The van der Waals surface area contributed by atoms with Crippen molar-refractivity contribution in [2.24, 2.45) is 11.8 Å². The molecule has 1 heterocycles. The summed E-state index contributed by atoms with van der Waals surface area (Å²) in [6, 6.07) is 0. The lowest BCUT2D eigenvalue weighted by Crippen LogP contribution is -2.02. The highest BCUT2D eigenvalue weighted by atomic mass is 16.6. The molecular formula is C7H10O2. The highest BCUT2D eigenvalue weighted by Gasteiger charge is 2.57. The Labute approximate surface area is 54.2 Å². The molecule has 0 bridgehead atoms. The van der Waals surface area contributed by atoms with Gasteiger partial charge in [0.25, 0.3) is 0 Å². The fraction of sp³-hybridized carbons (Fsp3) is 0.857. The number of carbonyl (C=O) groups excluding carboxylic acids is 1. The van der Waals surface area contributed by atoms with Gasteiger partial charge in [-0.25, -0.2) is 0 Å². The summed E-state index contributed by atoms with van der Waals surface area (Å²) in [5, 5.41) is 0. The summed E-state index contributed by atoms with van der Waals surface area (Å²) < 4.78 is 5.00. The van der Waals surface area contributed by atoms with Gasteiger partial charge >= 0.3 is 5.97 Å². The molecule has 0 aromatic heterocycles. The quantitative estimate of drug-likeness (QED) is 0.489. The van der Waals surface area contributed by atoms with Gasteiger partial charge in [0.2, 0.25) is 0 Å². The predicted molar refractivity (Wildman–Crippen MR) is 31.8 cm³/mol. The molecule has 2 aliphatic rings. The van der Waals surface area contributed by atoms with Gasteiger partial charge in [-0.05, 0) is 6.42 Å². The number of esters is 1. The van der Waals surface area contributed by atoms with Crippen molar-refractivity contribution in [1.29, 1.82) is 0 Å². The molecule has 2 heteroatoms. The number of hydrogen-bond donors (Lipinski definition) is 0. The van der Waals surface area contributed by atoms with Crippen molar-refractivity contribution < 1.29 is 9.53 Å². The largest absolute Gasteiger partial charge is 0.462 e. The van der Waals surface area contributed by atoms with Gasteiger partial charge < -0.3 is 4.74 Å². The third-order valence-corrected chi connectivity index (χ3v) is 2.39. The summed E-state index contributed by atoms with van der Waals surface area (Å²) in [6.45, 7) is 2.15. The molecule has 1 saturated heterocycles. The van der Waals surface area contributed by atoms with E-state index in [1.807, 2.05) is 0 Å². The minimum atomic E-state index is 0.00898. The first-order chi connectivity index (χ1) is 4.33. The monoisotopic (exact) mass is 126 g/mol. The summed E-state index contributed by atoms with van der Waals surface area (Å²) in [7, 11) is 0. The SMILES string of the molecule is CCC1[C@H]2OC(=O)C[C@@H]12. The number of carbonyl (C=O) groups is 1. The van der Waals surface area contributed by atoms with Gasteiger partial charge in [0.05, 0.1) is 6.42 Å². The molecule has 0 aromatic carbocycles. The molecule has 1 aliphatic heterocycles. The molecule has 2 fully saturated rings. The third kappa shape index (κ3) is 0.590. The van der Waals surface area contributed by atoms with E-state index in [0.29, 0.717) is 24.4 Å². The van der Waals surface area contributed by atoms with Crippen LogP contribution in [0.3, 0.4) is 0 Å².